The summed E-state index contributed by atoms with van der Waals surface area (Å²) in [4.78, 5) is 11.8. The van der Waals surface area contributed by atoms with Crippen molar-refractivity contribution in [3.05, 3.63) is 33.2 Å². The van der Waals surface area contributed by atoms with E-state index in [1.54, 1.807) is 0 Å². The fraction of sp³-hybridized carbons (Fsp3) is 0.583. The molecule has 0 bridgehead atoms. The molecule has 0 aliphatic carbocycles. The molecule has 0 radical (unpaired) electrons. The van der Waals surface area contributed by atoms with Crippen molar-refractivity contribution in [1.29, 1.82) is 0 Å². The molecule has 1 atom stereocenters. The van der Waals surface area contributed by atoms with Crippen molar-refractivity contribution >= 4 is 0 Å². The van der Waals surface area contributed by atoms with Crippen molar-refractivity contribution in [3.8, 4) is 0 Å². The number of hydrogen-bond acceptors (Lipinski definition) is 2. The van der Waals surface area contributed by atoms with Gasteiger partial charge >= 0.3 is 0 Å². The van der Waals surface area contributed by atoms with Gasteiger partial charge < -0.3 is 9.88 Å². The van der Waals surface area contributed by atoms with Gasteiger partial charge in [0, 0.05) is 37.8 Å². The lowest BCUT2D eigenvalue weighted by Gasteiger charge is -2.16. The van der Waals surface area contributed by atoms with Crippen LogP contribution in [-0.2, 0) is 13.5 Å². The smallest absolute Gasteiger partial charge is 0.253 e. The van der Waals surface area contributed by atoms with Crippen LogP contribution in [0.1, 0.15) is 29.7 Å². The van der Waals surface area contributed by atoms with E-state index in [0.717, 1.165) is 25.1 Å². The molecular weight excluding hydrogens is 188 g/mol. The topological polar surface area (TPSA) is 34.0 Å². The summed E-state index contributed by atoms with van der Waals surface area (Å²) in [6, 6.07) is 2.06. The molecule has 0 fully saturated rings. The summed E-state index contributed by atoms with van der Waals surface area (Å²) in [6.45, 7) is 6.08. The third kappa shape index (κ3) is 1.72. The lowest BCUT2D eigenvalue weighted by atomic mass is 9.97. The van der Waals surface area contributed by atoms with E-state index in [0.29, 0.717) is 5.92 Å². The Labute approximate surface area is 90.1 Å². The van der Waals surface area contributed by atoms with Gasteiger partial charge in [0.2, 0.25) is 0 Å². The second-order valence-electron chi connectivity index (χ2n) is 4.45. The van der Waals surface area contributed by atoms with Crippen molar-refractivity contribution in [3.63, 3.8) is 0 Å². The van der Waals surface area contributed by atoms with Crippen LogP contribution in [0.4, 0.5) is 0 Å². The molecule has 3 nitrogen and oxygen atoms in total. The zero-order chi connectivity index (χ0) is 11.0. The molecule has 0 amide bonds. The number of pyridine rings is 1. The van der Waals surface area contributed by atoms with Gasteiger partial charge in [0.1, 0.15) is 0 Å². The third-order valence-electron chi connectivity index (χ3n) is 3.27. The summed E-state index contributed by atoms with van der Waals surface area (Å²) >= 11 is 0. The number of nitrogens with zero attached hydrogens (tertiary/aromatic N) is 1. The van der Waals surface area contributed by atoms with Crippen LogP contribution < -0.4 is 10.9 Å². The second kappa shape index (κ2) is 3.81. The molecule has 15 heavy (non-hydrogen) atoms. The average molecular weight is 206 g/mol. The Balaban J connectivity index is 2.65. The molecule has 1 aliphatic rings. The largest absolute Gasteiger partial charge is 0.316 e. The molecule has 1 N–H and O–H groups in total. The van der Waals surface area contributed by atoms with Gasteiger partial charge in [-0.1, -0.05) is 6.92 Å². The molecule has 2 heterocycles. The summed E-state index contributed by atoms with van der Waals surface area (Å²) in [7, 11) is 1.88. The molecule has 1 aromatic rings. The number of hydrogen-bond donors (Lipinski definition) is 1. The molecule has 1 aliphatic heterocycles. The maximum Gasteiger partial charge on any atom is 0.253 e. The number of aryl methyl sites for hydroxylation is 1. The van der Waals surface area contributed by atoms with E-state index >= 15 is 0 Å². The monoisotopic (exact) mass is 206 g/mol. The van der Waals surface area contributed by atoms with Crippen LogP contribution in [0, 0.1) is 6.92 Å². The van der Waals surface area contributed by atoms with Crippen LogP contribution in [-0.4, -0.2) is 17.7 Å². The summed E-state index contributed by atoms with van der Waals surface area (Å²) in [5, 5.41) is 3.39. The van der Waals surface area contributed by atoms with E-state index in [4.69, 9.17) is 0 Å². The van der Waals surface area contributed by atoms with Crippen LogP contribution in [0.2, 0.25) is 0 Å². The maximum absolute atomic E-state index is 11.8. The van der Waals surface area contributed by atoms with Crippen LogP contribution in [0.3, 0.4) is 0 Å². The van der Waals surface area contributed by atoms with Gasteiger partial charge in [-0.25, -0.2) is 0 Å². The van der Waals surface area contributed by atoms with E-state index in [-0.39, 0.29) is 5.56 Å². The highest BCUT2D eigenvalue weighted by atomic mass is 16.1. The van der Waals surface area contributed by atoms with Gasteiger partial charge in [0.25, 0.3) is 5.56 Å². The fourth-order valence-electron chi connectivity index (χ4n) is 2.33. The number of nitrogens with one attached hydrogen (secondary N) is 1. The minimum absolute atomic E-state index is 0.142. The lowest BCUT2D eigenvalue weighted by Crippen LogP contribution is -2.24. The molecule has 0 spiro atoms. The molecule has 0 saturated carbocycles. The molecule has 1 aromatic heterocycles. The first-order chi connectivity index (χ1) is 7.11. The van der Waals surface area contributed by atoms with Gasteiger partial charge in [-0.2, -0.15) is 0 Å². The van der Waals surface area contributed by atoms with Gasteiger partial charge in [-0.05, 0) is 24.5 Å². The van der Waals surface area contributed by atoms with E-state index in [9.17, 15) is 4.79 Å². The van der Waals surface area contributed by atoms with E-state index in [2.05, 4.69) is 18.3 Å². The standard InChI is InChI=1S/C12H18N2O/c1-8-6-10-9(2)7-13-5-4-11(10)14(3)12(8)15/h6,9,13H,4-5,7H2,1-3H3. The van der Waals surface area contributed by atoms with Crippen molar-refractivity contribution in [2.24, 2.45) is 7.05 Å². The zero-order valence-electron chi connectivity index (χ0n) is 9.63. The van der Waals surface area contributed by atoms with E-state index in [1.807, 2.05) is 18.5 Å². The predicted molar refractivity (Wildman–Crippen MR) is 61.4 cm³/mol. The van der Waals surface area contributed by atoms with E-state index < -0.39 is 0 Å². The first-order valence-electron chi connectivity index (χ1n) is 5.51. The van der Waals surface area contributed by atoms with Gasteiger partial charge in [0.05, 0.1) is 0 Å². The molecule has 2 rings (SSSR count). The van der Waals surface area contributed by atoms with E-state index in [1.165, 1.54) is 11.3 Å². The van der Waals surface area contributed by atoms with Crippen molar-refractivity contribution in [1.82, 2.24) is 9.88 Å². The predicted octanol–water partition coefficient (Wildman–Crippen LogP) is 0.943. The van der Waals surface area contributed by atoms with Gasteiger partial charge in [-0.15, -0.1) is 0 Å². The Morgan fingerprint density at radius 2 is 2.27 bits per heavy atom. The first-order valence-corrected chi connectivity index (χ1v) is 5.51. The highest BCUT2D eigenvalue weighted by molar-refractivity contribution is 5.30. The fourth-order valence-corrected chi connectivity index (χ4v) is 2.33. The van der Waals surface area contributed by atoms with Crippen molar-refractivity contribution in [2.45, 2.75) is 26.2 Å². The molecule has 82 valence electrons. The average Bonchev–Trinajstić information content (AvgIpc) is 2.39. The van der Waals surface area contributed by atoms with Crippen LogP contribution in [0.25, 0.3) is 0 Å². The second-order valence-corrected chi connectivity index (χ2v) is 4.45. The van der Waals surface area contributed by atoms with Crippen molar-refractivity contribution < 1.29 is 0 Å². The molecule has 1 unspecified atom stereocenters. The Morgan fingerprint density at radius 3 is 3.00 bits per heavy atom. The van der Waals surface area contributed by atoms with Crippen LogP contribution >= 0.6 is 0 Å². The number of rotatable bonds is 0. The summed E-state index contributed by atoms with van der Waals surface area (Å²) in [5.74, 6) is 0.494. The molecular formula is C12H18N2O. The number of aromatic nitrogens is 1. The highest BCUT2D eigenvalue weighted by Gasteiger charge is 2.17. The quantitative estimate of drug-likeness (QED) is 0.685. The first kappa shape index (κ1) is 10.4. The third-order valence-corrected chi connectivity index (χ3v) is 3.27. The number of fused-ring (bicyclic) bond motifs is 1. The zero-order valence-corrected chi connectivity index (χ0v) is 9.63. The highest BCUT2D eigenvalue weighted by Crippen LogP contribution is 2.21. The maximum atomic E-state index is 11.8. The Bertz CT molecular complexity index is 434. The summed E-state index contributed by atoms with van der Waals surface area (Å²) in [5.41, 5.74) is 3.52. The summed E-state index contributed by atoms with van der Waals surface area (Å²) in [6.07, 6.45) is 0.950. The van der Waals surface area contributed by atoms with Gasteiger partial charge in [0.15, 0.2) is 0 Å². The normalized spacial score (nSPS) is 20.9. The lowest BCUT2D eigenvalue weighted by molar-refractivity contribution is 0.643. The SMILES string of the molecule is Cc1cc2c(n(C)c1=O)CCNCC2C. The Kier molecular flexibility index (Phi) is 2.65. The molecule has 0 saturated heterocycles. The molecule has 3 heteroatoms. The van der Waals surface area contributed by atoms with Crippen LogP contribution in [0.15, 0.2) is 10.9 Å². The van der Waals surface area contributed by atoms with Gasteiger partial charge in [-0.3, -0.25) is 4.79 Å². The van der Waals surface area contributed by atoms with Crippen LogP contribution in [0.5, 0.6) is 0 Å². The minimum Gasteiger partial charge on any atom is -0.316 e. The summed E-state index contributed by atoms with van der Waals surface area (Å²) < 4.78 is 1.81. The Hall–Kier alpha value is -1.09. The minimum atomic E-state index is 0.142. The Morgan fingerprint density at radius 1 is 1.53 bits per heavy atom. The molecule has 0 aromatic carbocycles. The van der Waals surface area contributed by atoms with Crippen molar-refractivity contribution in [2.75, 3.05) is 13.1 Å².